The number of aromatic nitrogens is 2. The molecule has 1 atom stereocenters. The minimum Gasteiger partial charge on any atom is -0.308 e. The molecule has 3 nitrogen and oxygen atoms in total. The van der Waals surface area contributed by atoms with Crippen LogP contribution in [-0.4, -0.2) is 16.6 Å². The highest BCUT2D eigenvalue weighted by Crippen LogP contribution is 2.26. The second-order valence-electron chi connectivity index (χ2n) is 3.65. The minimum absolute atomic E-state index is 0.239. The first-order valence-electron chi connectivity index (χ1n) is 5.04. The van der Waals surface area contributed by atoms with Crippen LogP contribution in [-0.2, 0) is 0 Å². The van der Waals surface area contributed by atoms with Gasteiger partial charge in [0.1, 0.15) is 0 Å². The third-order valence-electron chi connectivity index (χ3n) is 2.58. The fourth-order valence-corrected chi connectivity index (χ4v) is 2.12. The van der Waals surface area contributed by atoms with Gasteiger partial charge < -0.3 is 5.32 Å². The molecule has 0 aliphatic carbocycles. The Morgan fingerprint density at radius 1 is 1.29 bits per heavy atom. The number of hydrogen-bond donors (Lipinski definition) is 1. The van der Waals surface area contributed by atoms with Crippen LogP contribution < -0.4 is 5.32 Å². The highest BCUT2D eigenvalue weighted by atomic mass is 32.1. The quantitative estimate of drug-likeness (QED) is 0.915. The van der Waals surface area contributed by atoms with E-state index in [4.69, 9.17) is 0 Å². The van der Waals surface area contributed by atoms with Crippen molar-refractivity contribution in [2.24, 2.45) is 0 Å². The van der Waals surface area contributed by atoms with Gasteiger partial charge in [0.05, 0.1) is 11.7 Å². The first kappa shape index (κ1) is 12.1. The van der Waals surface area contributed by atoms with Gasteiger partial charge in [-0.1, -0.05) is 16.6 Å². The molecule has 1 N–H and O–H groups in total. The van der Waals surface area contributed by atoms with E-state index in [0.29, 0.717) is 5.69 Å². The molecule has 1 aromatic heterocycles. The summed E-state index contributed by atoms with van der Waals surface area (Å²) in [5.74, 6) is -1.65. The number of benzene rings is 1. The van der Waals surface area contributed by atoms with E-state index in [9.17, 15) is 8.78 Å². The molecule has 0 aliphatic rings. The van der Waals surface area contributed by atoms with E-state index in [2.05, 4.69) is 14.9 Å². The Labute approximate surface area is 102 Å². The average molecular weight is 255 g/mol. The monoisotopic (exact) mass is 255 g/mol. The molecule has 0 aliphatic heterocycles. The summed E-state index contributed by atoms with van der Waals surface area (Å²) in [6.07, 6.45) is 0. The van der Waals surface area contributed by atoms with E-state index in [-0.39, 0.29) is 11.1 Å². The number of aryl methyl sites for hydroxylation is 1. The smallest absolute Gasteiger partial charge is 0.164 e. The second-order valence-corrected chi connectivity index (χ2v) is 4.26. The molecule has 0 saturated carbocycles. The predicted molar refractivity (Wildman–Crippen MR) is 61.9 cm³/mol. The number of halogens is 2. The Kier molecular flexibility index (Phi) is 3.44. The van der Waals surface area contributed by atoms with Crippen LogP contribution in [0.5, 0.6) is 0 Å². The van der Waals surface area contributed by atoms with Gasteiger partial charge in [-0.3, -0.25) is 0 Å². The molecule has 1 unspecified atom stereocenters. The van der Waals surface area contributed by atoms with Crippen LogP contribution in [0.4, 0.5) is 8.78 Å². The molecule has 2 rings (SSSR count). The summed E-state index contributed by atoms with van der Waals surface area (Å²) in [5.41, 5.74) is 1.11. The largest absolute Gasteiger partial charge is 0.308 e. The lowest BCUT2D eigenvalue weighted by atomic mass is 10.0. The van der Waals surface area contributed by atoms with E-state index < -0.39 is 17.7 Å². The van der Waals surface area contributed by atoms with Gasteiger partial charge >= 0.3 is 0 Å². The first-order valence-corrected chi connectivity index (χ1v) is 5.87. The normalized spacial score (nSPS) is 12.7. The molecule has 0 amide bonds. The summed E-state index contributed by atoms with van der Waals surface area (Å²) in [6, 6.07) is 2.63. The van der Waals surface area contributed by atoms with E-state index >= 15 is 0 Å². The third-order valence-corrected chi connectivity index (χ3v) is 3.10. The highest BCUT2D eigenvalue weighted by molar-refractivity contribution is 7.03. The molecule has 0 saturated heterocycles. The Bertz CT molecular complexity index is 514. The summed E-state index contributed by atoms with van der Waals surface area (Å²) >= 11 is 1.17. The number of nitrogens with one attached hydrogen (secondary N) is 1. The molecule has 0 fully saturated rings. The molecule has 0 spiro atoms. The molecule has 17 heavy (non-hydrogen) atoms. The van der Waals surface area contributed by atoms with Crippen LogP contribution in [0.15, 0.2) is 17.5 Å². The average Bonchev–Trinajstić information content (AvgIpc) is 2.84. The van der Waals surface area contributed by atoms with Gasteiger partial charge in [0.25, 0.3) is 0 Å². The Morgan fingerprint density at radius 3 is 2.65 bits per heavy atom. The SMILES string of the molecule is CNC(c1csnn1)c1ccc(C)c(F)c1F. The highest BCUT2D eigenvalue weighted by Gasteiger charge is 2.21. The van der Waals surface area contributed by atoms with Crippen LogP contribution in [0.1, 0.15) is 22.9 Å². The van der Waals surface area contributed by atoms with E-state index in [1.54, 1.807) is 24.6 Å². The van der Waals surface area contributed by atoms with Crippen molar-refractivity contribution < 1.29 is 8.78 Å². The Balaban J connectivity index is 2.49. The van der Waals surface area contributed by atoms with E-state index in [1.165, 1.54) is 18.5 Å². The molecule has 6 heteroatoms. The van der Waals surface area contributed by atoms with E-state index in [1.807, 2.05) is 0 Å². The fourth-order valence-electron chi connectivity index (χ4n) is 1.64. The van der Waals surface area contributed by atoms with Crippen LogP contribution >= 0.6 is 11.5 Å². The van der Waals surface area contributed by atoms with Crippen molar-refractivity contribution in [1.82, 2.24) is 14.9 Å². The van der Waals surface area contributed by atoms with Crippen LogP contribution in [0, 0.1) is 18.6 Å². The zero-order chi connectivity index (χ0) is 12.4. The van der Waals surface area contributed by atoms with Gasteiger partial charge in [0, 0.05) is 10.9 Å². The second kappa shape index (κ2) is 4.85. The molecular formula is C11H11F2N3S. The van der Waals surface area contributed by atoms with Gasteiger partial charge in [-0.2, -0.15) is 0 Å². The van der Waals surface area contributed by atoms with Crippen molar-refractivity contribution in [3.8, 4) is 0 Å². The summed E-state index contributed by atoms with van der Waals surface area (Å²) in [6.45, 7) is 1.53. The number of rotatable bonds is 3. The molecule has 0 bridgehead atoms. The lowest BCUT2D eigenvalue weighted by molar-refractivity contribution is 0.481. The fraction of sp³-hybridized carbons (Fsp3) is 0.273. The Hall–Kier alpha value is -1.40. The topological polar surface area (TPSA) is 37.8 Å². The maximum atomic E-state index is 13.8. The summed E-state index contributed by atoms with van der Waals surface area (Å²) < 4.78 is 31.0. The molecule has 2 aromatic rings. The zero-order valence-electron chi connectivity index (χ0n) is 9.37. The van der Waals surface area contributed by atoms with Crippen molar-refractivity contribution in [2.45, 2.75) is 13.0 Å². The van der Waals surface area contributed by atoms with Gasteiger partial charge in [0.15, 0.2) is 11.6 Å². The molecule has 90 valence electrons. The molecule has 1 aromatic carbocycles. The van der Waals surface area contributed by atoms with Gasteiger partial charge in [-0.15, -0.1) is 5.10 Å². The maximum absolute atomic E-state index is 13.8. The maximum Gasteiger partial charge on any atom is 0.164 e. The van der Waals surface area contributed by atoms with Gasteiger partial charge in [-0.05, 0) is 31.1 Å². The summed E-state index contributed by atoms with van der Waals surface area (Å²) in [4.78, 5) is 0. The van der Waals surface area contributed by atoms with Crippen molar-refractivity contribution >= 4 is 11.5 Å². The first-order chi connectivity index (χ1) is 8.15. The molecular weight excluding hydrogens is 244 g/mol. The van der Waals surface area contributed by atoms with Crippen LogP contribution in [0.3, 0.4) is 0 Å². The van der Waals surface area contributed by atoms with E-state index in [0.717, 1.165) is 0 Å². The molecule has 0 radical (unpaired) electrons. The summed E-state index contributed by atoms with van der Waals surface area (Å²) in [7, 11) is 1.67. The minimum atomic E-state index is -0.836. The van der Waals surface area contributed by atoms with Crippen LogP contribution in [0.25, 0.3) is 0 Å². The lowest BCUT2D eigenvalue weighted by Crippen LogP contribution is -2.20. The zero-order valence-corrected chi connectivity index (χ0v) is 10.2. The predicted octanol–water partition coefficient (Wildman–Crippen LogP) is 2.43. The van der Waals surface area contributed by atoms with Crippen molar-refractivity contribution in [3.05, 3.63) is 46.0 Å². The van der Waals surface area contributed by atoms with Crippen molar-refractivity contribution in [1.29, 1.82) is 0 Å². The molecule has 1 heterocycles. The number of hydrogen-bond acceptors (Lipinski definition) is 4. The Morgan fingerprint density at radius 2 is 2.06 bits per heavy atom. The lowest BCUT2D eigenvalue weighted by Gasteiger charge is -2.15. The standard InChI is InChI=1S/C11H11F2N3S/c1-6-3-4-7(10(13)9(6)12)11(14-2)8-5-17-16-15-8/h3-5,11,14H,1-2H3. The van der Waals surface area contributed by atoms with Crippen molar-refractivity contribution in [3.63, 3.8) is 0 Å². The van der Waals surface area contributed by atoms with Gasteiger partial charge in [0.2, 0.25) is 0 Å². The number of nitrogens with zero attached hydrogens (tertiary/aromatic N) is 2. The van der Waals surface area contributed by atoms with Crippen molar-refractivity contribution in [2.75, 3.05) is 7.05 Å². The van der Waals surface area contributed by atoms with Crippen LogP contribution in [0.2, 0.25) is 0 Å². The van der Waals surface area contributed by atoms with Gasteiger partial charge in [-0.25, -0.2) is 8.78 Å². The summed E-state index contributed by atoms with van der Waals surface area (Å²) in [5, 5.41) is 8.49. The third kappa shape index (κ3) is 2.18.